The number of H-pyrrole nitrogens is 1. The van der Waals surface area contributed by atoms with Crippen LogP contribution in [0.15, 0.2) is 17.5 Å². The van der Waals surface area contributed by atoms with E-state index in [1.165, 1.54) is 6.08 Å². The third-order valence-corrected chi connectivity index (χ3v) is 3.10. The maximum absolute atomic E-state index is 11.6. The summed E-state index contributed by atoms with van der Waals surface area (Å²) in [6, 6.07) is 1.82. The SMILES string of the molecule is CCc1cc(NC(=O)/C=C/c2csc(C)n2)n[nH]1. The van der Waals surface area contributed by atoms with Crippen LogP contribution in [0.25, 0.3) is 6.08 Å². The van der Waals surface area contributed by atoms with E-state index in [9.17, 15) is 4.79 Å². The molecule has 0 aliphatic rings. The highest BCUT2D eigenvalue weighted by atomic mass is 32.1. The summed E-state index contributed by atoms with van der Waals surface area (Å²) < 4.78 is 0. The second kappa shape index (κ2) is 5.59. The van der Waals surface area contributed by atoms with E-state index >= 15 is 0 Å². The standard InChI is InChI=1S/C12H14N4OS/c1-3-9-6-11(16-15-9)14-12(17)5-4-10-7-18-8(2)13-10/h4-7H,3H2,1-2H3,(H2,14,15,16,17)/b5-4+. The quantitative estimate of drug-likeness (QED) is 0.831. The van der Waals surface area contributed by atoms with Crippen molar-refractivity contribution in [3.8, 4) is 0 Å². The normalized spacial score (nSPS) is 11.0. The minimum atomic E-state index is -0.213. The highest BCUT2D eigenvalue weighted by Crippen LogP contribution is 2.10. The maximum Gasteiger partial charge on any atom is 0.249 e. The molecule has 0 bridgehead atoms. The smallest absolute Gasteiger partial charge is 0.249 e. The van der Waals surface area contributed by atoms with Crippen LogP contribution >= 0.6 is 11.3 Å². The average molecular weight is 262 g/mol. The van der Waals surface area contributed by atoms with Gasteiger partial charge in [-0.25, -0.2) is 4.98 Å². The Balaban J connectivity index is 1.94. The van der Waals surface area contributed by atoms with Crippen LogP contribution in [0.3, 0.4) is 0 Å². The van der Waals surface area contributed by atoms with Crippen LogP contribution in [-0.2, 0) is 11.2 Å². The fourth-order valence-corrected chi connectivity index (χ4v) is 1.97. The number of carbonyl (C=O) groups is 1. The van der Waals surface area contributed by atoms with E-state index in [2.05, 4.69) is 20.5 Å². The minimum Gasteiger partial charge on any atom is -0.306 e. The van der Waals surface area contributed by atoms with Crippen molar-refractivity contribution in [2.24, 2.45) is 0 Å². The molecule has 0 aliphatic heterocycles. The highest BCUT2D eigenvalue weighted by Gasteiger charge is 2.02. The van der Waals surface area contributed by atoms with E-state index < -0.39 is 0 Å². The van der Waals surface area contributed by atoms with Gasteiger partial charge in [-0.05, 0) is 19.4 Å². The summed E-state index contributed by atoms with van der Waals surface area (Å²) in [5.74, 6) is 0.325. The lowest BCUT2D eigenvalue weighted by atomic mass is 10.3. The van der Waals surface area contributed by atoms with E-state index in [0.29, 0.717) is 5.82 Å². The molecule has 6 heteroatoms. The topological polar surface area (TPSA) is 70.7 Å². The molecule has 0 saturated heterocycles. The van der Waals surface area contributed by atoms with Crippen LogP contribution in [0, 0.1) is 6.92 Å². The predicted octanol–water partition coefficient (Wildman–Crippen LogP) is 2.39. The predicted molar refractivity (Wildman–Crippen MR) is 72.5 cm³/mol. The van der Waals surface area contributed by atoms with Crippen LogP contribution in [0.2, 0.25) is 0 Å². The van der Waals surface area contributed by atoms with Gasteiger partial charge in [0, 0.05) is 23.2 Å². The number of anilines is 1. The molecule has 5 nitrogen and oxygen atoms in total. The van der Waals surface area contributed by atoms with Gasteiger partial charge < -0.3 is 5.32 Å². The second-order valence-electron chi connectivity index (χ2n) is 3.75. The number of rotatable bonds is 4. The van der Waals surface area contributed by atoms with Gasteiger partial charge in [0.1, 0.15) is 0 Å². The van der Waals surface area contributed by atoms with Gasteiger partial charge in [0.05, 0.1) is 10.7 Å². The summed E-state index contributed by atoms with van der Waals surface area (Å²) in [6.07, 6.45) is 4.00. The summed E-state index contributed by atoms with van der Waals surface area (Å²) >= 11 is 1.55. The van der Waals surface area contributed by atoms with Crippen LogP contribution < -0.4 is 5.32 Å². The fraction of sp³-hybridized carbons (Fsp3) is 0.250. The Morgan fingerprint density at radius 3 is 3.06 bits per heavy atom. The van der Waals surface area contributed by atoms with E-state index in [4.69, 9.17) is 0 Å². The molecule has 0 saturated carbocycles. The number of nitrogens with zero attached hydrogens (tertiary/aromatic N) is 2. The molecule has 18 heavy (non-hydrogen) atoms. The zero-order valence-corrected chi connectivity index (χ0v) is 11.0. The number of aromatic nitrogens is 3. The Morgan fingerprint density at radius 1 is 1.61 bits per heavy atom. The molecule has 2 rings (SSSR count). The van der Waals surface area contributed by atoms with Gasteiger partial charge >= 0.3 is 0 Å². The molecule has 0 aromatic carbocycles. The molecular formula is C12H14N4OS. The van der Waals surface area contributed by atoms with Crippen molar-refractivity contribution in [3.63, 3.8) is 0 Å². The number of nitrogens with one attached hydrogen (secondary N) is 2. The van der Waals surface area contributed by atoms with Gasteiger partial charge in [0.2, 0.25) is 5.91 Å². The van der Waals surface area contributed by atoms with Gasteiger partial charge in [-0.15, -0.1) is 11.3 Å². The molecule has 2 N–H and O–H groups in total. The van der Waals surface area contributed by atoms with Gasteiger partial charge in [-0.3, -0.25) is 9.89 Å². The van der Waals surface area contributed by atoms with Crippen LogP contribution in [0.4, 0.5) is 5.82 Å². The number of aromatic amines is 1. The molecule has 0 atom stereocenters. The zero-order valence-electron chi connectivity index (χ0n) is 10.2. The van der Waals surface area contributed by atoms with Crippen molar-refractivity contribution >= 4 is 29.1 Å². The van der Waals surface area contributed by atoms with Crippen molar-refractivity contribution in [2.45, 2.75) is 20.3 Å². The monoisotopic (exact) mass is 262 g/mol. The maximum atomic E-state index is 11.6. The third kappa shape index (κ3) is 3.27. The first-order valence-electron chi connectivity index (χ1n) is 5.63. The molecule has 0 aliphatic carbocycles. The minimum absolute atomic E-state index is 0.213. The average Bonchev–Trinajstić information content (AvgIpc) is 2.95. The molecule has 94 valence electrons. The van der Waals surface area contributed by atoms with Gasteiger partial charge in [-0.1, -0.05) is 6.92 Å². The van der Waals surface area contributed by atoms with Crippen molar-refractivity contribution in [3.05, 3.63) is 33.9 Å². The molecule has 0 spiro atoms. The van der Waals surface area contributed by atoms with Crippen molar-refractivity contribution in [2.75, 3.05) is 5.32 Å². The fourth-order valence-electron chi connectivity index (χ4n) is 1.39. The number of hydrogen-bond donors (Lipinski definition) is 2. The van der Waals surface area contributed by atoms with Gasteiger partial charge in [-0.2, -0.15) is 5.10 Å². The zero-order chi connectivity index (χ0) is 13.0. The molecule has 0 radical (unpaired) electrons. The Morgan fingerprint density at radius 2 is 2.44 bits per heavy atom. The lowest BCUT2D eigenvalue weighted by Crippen LogP contribution is -2.07. The first kappa shape index (κ1) is 12.5. The largest absolute Gasteiger partial charge is 0.306 e. The third-order valence-electron chi connectivity index (χ3n) is 2.31. The summed E-state index contributed by atoms with van der Waals surface area (Å²) in [4.78, 5) is 15.9. The van der Waals surface area contributed by atoms with Gasteiger partial charge in [0.15, 0.2) is 5.82 Å². The lowest BCUT2D eigenvalue weighted by Gasteiger charge is -1.94. The Bertz CT molecular complexity index is 570. The number of amides is 1. The number of hydrogen-bond acceptors (Lipinski definition) is 4. The summed E-state index contributed by atoms with van der Waals surface area (Å²) in [7, 11) is 0. The molecular weight excluding hydrogens is 248 g/mol. The first-order chi connectivity index (χ1) is 8.67. The van der Waals surface area contributed by atoms with Gasteiger partial charge in [0.25, 0.3) is 0 Å². The van der Waals surface area contributed by atoms with E-state index in [0.717, 1.165) is 22.8 Å². The first-order valence-corrected chi connectivity index (χ1v) is 6.51. The van der Waals surface area contributed by atoms with E-state index in [1.807, 2.05) is 25.3 Å². The molecule has 2 heterocycles. The summed E-state index contributed by atoms with van der Waals surface area (Å²) in [5, 5.41) is 12.4. The Kier molecular flexibility index (Phi) is 3.88. The van der Waals surface area contributed by atoms with Crippen molar-refractivity contribution < 1.29 is 4.79 Å². The number of thiazole rings is 1. The molecule has 2 aromatic rings. The van der Waals surface area contributed by atoms with Crippen LogP contribution in [-0.4, -0.2) is 21.1 Å². The summed E-state index contributed by atoms with van der Waals surface area (Å²) in [5.41, 5.74) is 1.79. The number of aryl methyl sites for hydroxylation is 2. The second-order valence-corrected chi connectivity index (χ2v) is 4.81. The highest BCUT2D eigenvalue weighted by molar-refractivity contribution is 7.09. The molecule has 1 amide bonds. The Labute approximate surface area is 109 Å². The molecule has 2 aromatic heterocycles. The van der Waals surface area contributed by atoms with Crippen molar-refractivity contribution in [1.29, 1.82) is 0 Å². The Hall–Kier alpha value is -1.95. The lowest BCUT2D eigenvalue weighted by molar-refractivity contribution is -0.111. The van der Waals surface area contributed by atoms with Crippen LogP contribution in [0.5, 0.6) is 0 Å². The van der Waals surface area contributed by atoms with E-state index in [1.54, 1.807) is 17.4 Å². The van der Waals surface area contributed by atoms with E-state index in [-0.39, 0.29) is 5.91 Å². The van der Waals surface area contributed by atoms with Crippen LogP contribution in [0.1, 0.15) is 23.3 Å². The molecule has 0 unspecified atom stereocenters. The summed E-state index contributed by atoms with van der Waals surface area (Å²) in [6.45, 7) is 3.95. The van der Waals surface area contributed by atoms with Crippen molar-refractivity contribution in [1.82, 2.24) is 15.2 Å². The number of carbonyl (C=O) groups excluding carboxylic acids is 1. The molecule has 0 fully saturated rings.